The van der Waals surface area contributed by atoms with Gasteiger partial charge in [0.25, 0.3) is 5.88 Å². The standard InChI is InChI=1S/C12H8BrClFNO/c13-11-6-5-10(15)12(16-11)17-7-8-1-3-9(14)4-2-8/h1-6H,7H2. The molecule has 0 amide bonds. The van der Waals surface area contributed by atoms with Gasteiger partial charge < -0.3 is 4.74 Å². The zero-order valence-electron chi connectivity index (χ0n) is 8.66. The van der Waals surface area contributed by atoms with Crippen LogP contribution in [0.5, 0.6) is 5.88 Å². The van der Waals surface area contributed by atoms with E-state index in [-0.39, 0.29) is 12.5 Å². The van der Waals surface area contributed by atoms with Gasteiger partial charge in [-0.15, -0.1) is 0 Å². The Kier molecular flexibility index (Phi) is 3.97. The fourth-order valence-corrected chi connectivity index (χ4v) is 1.65. The molecule has 0 saturated heterocycles. The van der Waals surface area contributed by atoms with Gasteiger partial charge in [-0.05, 0) is 45.8 Å². The van der Waals surface area contributed by atoms with Crippen molar-refractivity contribution in [3.05, 3.63) is 57.4 Å². The van der Waals surface area contributed by atoms with E-state index < -0.39 is 5.82 Å². The quantitative estimate of drug-likeness (QED) is 0.791. The molecule has 0 N–H and O–H groups in total. The Balaban J connectivity index is 2.07. The summed E-state index contributed by atoms with van der Waals surface area (Å²) in [7, 11) is 0. The Morgan fingerprint density at radius 2 is 1.88 bits per heavy atom. The Labute approximate surface area is 112 Å². The van der Waals surface area contributed by atoms with Crippen LogP contribution in [0, 0.1) is 5.82 Å². The summed E-state index contributed by atoms with van der Waals surface area (Å²) < 4.78 is 19.1. The molecule has 17 heavy (non-hydrogen) atoms. The number of pyridine rings is 1. The first-order valence-corrected chi connectivity index (χ1v) is 6.01. The normalized spacial score (nSPS) is 10.3. The van der Waals surface area contributed by atoms with E-state index in [4.69, 9.17) is 16.3 Å². The van der Waals surface area contributed by atoms with Crippen molar-refractivity contribution in [1.82, 2.24) is 4.98 Å². The maximum Gasteiger partial charge on any atom is 0.251 e. The first-order chi connectivity index (χ1) is 8.15. The van der Waals surface area contributed by atoms with Crippen molar-refractivity contribution in [2.24, 2.45) is 0 Å². The van der Waals surface area contributed by atoms with Gasteiger partial charge in [0.15, 0.2) is 5.82 Å². The predicted octanol–water partition coefficient (Wildman–Crippen LogP) is 4.22. The van der Waals surface area contributed by atoms with Gasteiger partial charge in [0.2, 0.25) is 0 Å². The van der Waals surface area contributed by atoms with Crippen LogP contribution in [0.2, 0.25) is 5.02 Å². The Bertz CT molecular complexity index is 518. The minimum Gasteiger partial charge on any atom is -0.471 e. The summed E-state index contributed by atoms with van der Waals surface area (Å²) in [4.78, 5) is 3.90. The van der Waals surface area contributed by atoms with E-state index in [1.807, 2.05) is 12.1 Å². The van der Waals surface area contributed by atoms with Gasteiger partial charge in [0, 0.05) is 5.02 Å². The average Bonchev–Trinajstić information content (AvgIpc) is 2.32. The summed E-state index contributed by atoms with van der Waals surface area (Å²) >= 11 is 8.91. The van der Waals surface area contributed by atoms with E-state index in [9.17, 15) is 4.39 Å². The molecule has 0 bridgehead atoms. The van der Waals surface area contributed by atoms with Gasteiger partial charge in [-0.3, -0.25) is 0 Å². The second kappa shape index (κ2) is 5.47. The molecule has 5 heteroatoms. The highest BCUT2D eigenvalue weighted by Crippen LogP contribution is 2.19. The number of ether oxygens (including phenoxy) is 1. The summed E-state index contributed by atoms with van der Waals surface area (Å²) in [5.41, 5.74) is 0.899. The zero-order chi connectivity index (χ0) is 12.3. The van der Waals surface area contributed by atoms with Crippen LogP contribution in [0.3, 0.4) is 0 Å². The van der Waals surface area contributed by atoms with E-state index in [0.717, 1.165) is 5.56 Å². The van der Waals surface area contributed by atoms with Gasteiger partial charge in [0.1, 0.15) is 11.2 Å². The molecular weight excluding hydrogens is 308 g/mol. The molecule has 0 saturated carbocycles. The summed E-state index contributed by atoms with van der Waals surface area (Å²) in [6.07, 6.45) is 0. The molecule has 0 aliphatic rings. The number of rotatable bonds is 3. The summed E-state index contributed by atoms with van der Waals surface area (Å²) in [6.45, 7) is 0.248. The lowest BCUT2D eigenvalue weighted by Gasteiger charge is -2.06. The largest absolute Gasteiger partial charge is 0.471 e. The molecule has 2 rings (SSSR count). The third-order valence-corrected chi connectivity index (χ3v) is 2.76. The number of hydrogen-bond acceptors (Lipinski definition) is 2. The Hall–Kier alpha value is -1.13. The minimum absolute atomic E-state index is 0.0191. The Morgan fingerprint density at radius 3 is 2.59 bits per heavy atom. The van der Waals surface area contributed by atoms with Crippen LogP contribution in [0.15, 0.2) is 41.0 Å². The maximum atomic E-state index is 13.3. The second-order valence-corrected chi connectivity index (χ2v) is 4.59. The first-order valence-electron chi connectivity index (χ1n) is 4.84. The van der Waals surface area contributed by atoms with Crippen LogP contribution in [0.1, 0.15) is 5.56 Å². The molecule has 0 atom stereocenters. The van der Waals surface area contributed by atoms with Crippen LogP contribution in [-0.2, 0) is 6.61 Å². The van der Waals surface area contributed by atoms with E-state index in [1.165, 1.54) is 12.1 Å². The number of hydrogen-bond donors (Lipinski definition) is 0. The lowest BCUT2D eigenvalue weighted by atomic mass is 10.2. The van der Waals surface area contributed by atoms with Crippen molar-refractivity contribution in [2.75, 3.05) is 0 Å². The zero-order valence-corrected chi connectivity index (χ0v) is 11.0. The average molecular weight is 317 g/mol. The Morgan fingerprint density at radius 1 is 1.18 bits per heavy atom. The molecule has 88 valence electrons. The van der Waals surface area contributed by atoms with E-state index >= 15 is 0 Å². The van der Waals surface area contributed by atoms with Crippen molar-refractivity contribution >= 4 is 27.5 Å². The molecule has 2 aromatic rings. The van der Waals surface area contributed by atoms with Gasteiger partial charge in [-0.1, -0.05) is 23.7 Å². The summed E-state index contributed by atoms with van der Waals surface area (Å²) in [5, 5.41) is 0.653. The van der Waals surface area contributed by atoms with Crippen LogP contribution in [-0.4, -0.2) is 4.98 Å². The summed E-state index contributed by atoms with van der Waals surface area (Å²) in [5.74, 6) is -0.503. The third kappa shape index (κ3) is 3.41. The number of aromatic nitrogens is 1. The summed E-state index contributed by atoms with van der Waals surface area (Å²) in [6, 6.07) is 9.96. The van der Waals surface area contributed by atoms with Crippen molar-refractivity contribution in [2.45, 2.75) is 6.61 Å². The van der Waals surface area contributed by atoms with Gasteiger partial charge in [-0.25, -0.2) is 9.37 Å². The predicted molar refractivity (Wildman–Crippen MR) is 67.7 cm³/mol. The first kappa shape index (κ1) is 12.3. The monoisotopic (exact) mass is 315 g/mol. The highest BCUT2D eigenvalue weighted by atomic mass is 79.9. The van der Waals surface area contributed by atoms with Gasteiger partial charge >= 0.3 is 0 Å². The molecule has 1 aromatic heterocycles. The molecule has 0 aliphatic carbocycles. The van der Waals surface area contributed by atoms with Crippen molar-refractivity contribution in [1.29, 1.82) is 0 Å². The van der Waals surface area contributed by atoms with Crippen LogP contribution in [0.25, 0.3) is 0 Å². The molecule has 1 heterocycles. The fourth-order valence-electron chi connectivity index (χ4n) is 1.23. The smallest absolute Gasteiger partial charge is 0.251 e. The third-order valence-electron chi connectivity index (χ3n) is 2.07. The molecular formula is C12H8BrClFNO. The molecule has 1 aromatic carbocycles. The number of benzene rings is 1. The number of nitrogens with zero attached hydrogens (tertiary/aromatic N) is 1. The van der Waals surface area contributed by atoms with E-state index in [0.29, 0.717) is 9.63 Å². The van der Waals surface area contributed by atoms with Crippen molar-refractivity contribution in [3.8, 4) is 5.88 Å². The lowest BCUT2D eigenvalue weighted by Crippen LogP contribution is -1.99. The van der Waals surface area contributed by atoms with Gasteiger partial charge in [0.05, 0.1) is 0 Å². The molecule has 0 spiro atoms. The maximum absolute atomic E-state index is 13.3. The lowest BCUT2D eigenvalue weighted by molar-refractivity contribution is 0.276. The second-order valence-electron chi connectivity index (χ2n) is 3.34. The topological polar surface area (TPSA) is 22.1 Å². The van der Waals surface area contributed by atoms with Crippen molar-refractivity contribution < 1.29 is 9.13 Å². The fraction of sp³-hybridized carbons (Fsp3) is 0.0833. The van der Waals surface area contributed by atoms with Crippen LogP contribution in [0.4, 0.5) is 4.39 Å². The van der Waals surface area contributed by atoms with Crippen LogP contribution < -0.4 is 4.74 Å². The van der Waals surface area contributed by atoms with Gasteiger partial charge in [-0.2, -0.15) is 0 Å². The molecule has 0 unspecified atom stereocenters. The highest BCUT2D eigenvalue weighted by molar-refractivity contribution is 9.10. The molecule has 2 nitrogen and oxygen atoms in total. The van der Waals surface area contributed by atoms with E-state index in [2.05, 4.69) is 20.9 Å². The number of halogens is 3. The SMILES string of the molecule is Fc1ccc(Br)nc1OCc1ccc(Cl)cc1. The van der Waals surface area contributed by atoms with Crippen LogP contribution >= 0.6 is 27.5 Å². The molecule has 0 aliphatic heterocycles. The minimum atomic E-state index is -0.484. The van der Waals surface area contributed by atoms with E-state index in [1.54, 1.807) is 12.1 Å². The molecule has 0 radical (unpaired) electrons. The highest BCUT2D eigenvalue weighted by Gasteiger charge is 2.06. The molecule has 0 fully saturated rings. The van der Waals surface area contributed by atoms with Crippen molar-refractivity contribution in [3.63, 3.8) is 0 Å².